The molecule has 1 saturated heterocycles. The molecule has 0 unspecified atom stereocenters. The van der Waals surface area contributed by atoms with Crippen LogP contribution in [0.1, 0.15) is 45.1 Å². The van der Waals surface area contributed by atoms with E-state index in [1.807, 2.05) is 19.1 Å². The van der Waals surface area contributed by atoms with E-state index in [2.05, 4.69) is 41.6 Å². The molecule has 7 nitrogen and oxygen atoms in total. The van der Waals surface area contributed by atoms with E-state index < -0.39 is 0 Å². The molecule has 0 radical (unpaired) electrons. The third-order valence-electron chi connectivity index (χ3n) is 4.80. The molecular weight excluding hydrogens is 356 g/mol. The molecule has 1 heterocycles. The Morgan fingerprint density at radius 2 is 1.93 bits per heavy atom. The minimum Gasteiger partial charge on any atom is -0.492 e. The van der Waals surface area contributed by atoms with Crippen molar-refractivity contribution in [3.8, 4) is 5.75 Å². The maximum Gasteiger partial charge on any atom is 0.409 e. The summed E-state index contributed by atoms with van der Waals surface area (Å²) in [5.74, 6) is 2.16. The number of piperidine rings is 1. The Bertz CT molecular complexity index is 623. The van der Waals surface area contributed by atoms with Crippen molar-refractivity contribution in [2.75, 3.05) is 39.9 Å². The maximum absolute atomic E-state index is 11.8. The minimum atomic E-state index is -0.220. The van der Waals surface area contributed by atoms with Gasteiger partial charge in [0.2, 0.25) is 0 Å². The highest BCUT2D eigenvalue weighted by atomic mass is 16.6. The number of hydrogen-bond acceptors (Lipinski definition) is 4. The van der Waals surface area contributed by atoms with Crippen LogP contribution < -0.4 is 15.4 Å². The van der Waals surface area contributed by atoms with Crippen LogP contribution in [0.3, 0.4) is 0 Å². The zero-order valence-corrected chi connectivity index (χ0v) is 17.5. The highest BCUT2D eigenvalue weighted by molar-refractivity contribution is 5.80. The number of amides is 1. The van der Waals surface area contributed by atoms with Crippen LogP contribution in [0.2, 0.25) is 0 Å². The number of likely N-dealkylation sites (tertiary alicyclic amines) is 1. The standard InChI is InChI=1S/C21H34N4O3/c1-5-27-21(26)25-13-10-18(11-14-25)24-20(22-4)23-12-15-28-19-8-6-17(7-9-19)16(2)3/h6-9,16,18H,5,10-15H2,1-4H3,(H2,22,23,24). The third-order valence-corrected chi connectivity index (χ3v) is 4.80. The summed E-state index contributed by atoms with van der Waals surface area (Å²) >= 11 is 0. The van der Waals surface area contributed by atoms with Crippen LogP contribution in [0.25, 0.3) is 0 Å². The van der Waals surface area contributed by atoms with Crippen molar-refractivity contribution in [3.63, 3.8) is 0 Å². The molecule has 0 aromatic heterocycles. The minimum absolute atomic E-state index is 0.220. The van der Waals surface area contributed by atoms with Crippen LogP contribution in [-0.4, -0.2) is 62.9 Å². The molecule has 1 aliphatic heterocycles. The van der Waals surface area contributed by atoms with Gasteiger partial charge in [-0.25, -0.2) is 4.79 Å². The van der Waals surface area contributed by atoms with Gasteiger partial charge in [0.15, 0.2) is 5.96 Å². The van der Waals surface area contributed by atoms with Crippen molar-refractivity contribution in [2.45, 2.75) is 45.6 Å². The van der Waals surface area contributed by atoms with Gasteiger partial charge in [-0.2, -0.15) is 0 Å². The van der Waals surface area contributed by atoms with Gasteiger partial charge in [-0.3, -0.25) is 4.99 Å². The summed E-state index contributed by atoms with van der Waals surface area (Å²) in [5.41, 5.74) is 1.31. The number of rotatable bonds is 7. The van der Waals surface area contributed by atoms with Crippen molar-refractivity contribution in [1.29, 1.82) is 0 Å². The average molecular weight is 391 g/mol. The predicted octanol–water partition coefficient (Wildman–Crippen LogP) is 2.97. The second-order valence-corrected chi connectivity index (χ2v) is 7.18. The fourth-order valence-electron chi connectivity index (χ4n) is 3.10. The van der Waals surface area contributed by atoms with E-state index in [0.29, 0.717) is 44.8 Å². The summed E-state index contributed by atoms with van der Waals surface area (Å²) in [4.78, 5) is 17.8. The van der Waals surface area contributed by atoms with Crippen molar-refractivity contribution >= 4 is 12.1 Å². The highest BCUT2D eigenvalue weighted by Gasteiger charge is 2.23. The van der Waals surface area contributed by atoms with Crippen LogP contribution in [0.4, 0.5) is 4.79 Å². The van der Waals surface area contributed by atoms with Gasteiger partial charge >= 0.3 is 6.09 Å². The summed E-state index contributed by atoms with van der Waals surface area (Å²) in [6.45, 7) is 9.21. The summed E-state index contributed by atoms with van der Waals surface area (Å²) in [7, 11) is 1.76. The number of carbonyl (C=O) groups is 1. The Morgan fingerprint density at radius 1 is 1.25 bits per heavy atom. The first-order chi connectivity index (χ1) is 13.5. The van der Waals surface area contributed by atoms with Gasteiger partial charge in [0.05, 0.1) is 13.2 Å². The molecule has 2 N–H and O–H groups in total. The van der Waals surface area contributed by atoms with Crippen LogP contribution in [0, 0.1) is 0 Å². The number of benzene rings is 1. The van der Waals surface area contributed by atoms with E-state index >= 15 is 0 Å². The summed E-state index contributed by atoms with van der Waals surface area (Å²) in [5, 5.41) is 6.70. The van der Waals surface area contributed by atoms with Gasteiger partial charge in [-0.15, -0.1) is 0 Å². The fourth-order valence-corrected chi connectivity index (χ4v) is 3.10. The number of ether oxygens (including phenoxy) is 2. The molecule has 0 spiro atoms. The molecule has 0 atom stereocenters. The SMILES string of the molecule is CCOC(=O)N1CCC(NC(=NC)NCCOc2ccc(C(C)C)cc2)CC1. The highest BCUT2D eigenvalue weighted by Crippen LogP contribution is 2.18. The molecule has 28 heavy (non-hydrogen) atoms. The molecular formula is C21H34N4O3. The van der Waals surface area contributed by atoms with E-state index in [1.54, 1.807) is 11.9 Å². The second kappa shape index (κ2) is 11.4. The fraction of sp³-hybridized carbons (Fsp3) is 0.619. The topological polar surface area (TPSA) is 75.2 Å². The molecule has 1 aromatic rings. The largest absolute Gasteiger partial charge is 0.492 e. The summed E-state index contributed by atoms with van der Waals surface area (Å²) in [6.07, 6.45) is 1.53. The van der Waals surface area contributed by atoms with Crippen molar-refractivity contribution in [2.24, 2.45) is 4.99 Å². The molecule has 1 aliphatic rings. The Balaban J connectivity index is 1.66. The lowest BCUT2D eigenvalue weighted by atomic mass is 10.0. The Morgan fingerprint density at radius 3 is 2.50 bits per heavy atom. The van der Waals surface area contributed by atoms with Crippen molar-refractivity contribution in [1.82, 2.24) is 15.5 Å². The first-order valence-electron chi connectivity index (χ1n) is 10.1. The molecule has 1 amide bonds. The lowest BCUT2D eigenvalue weighted by Crippen LogP contribution is -2.50. The quantitative estimate of drug-likeness (QED) is 0.425. The lowest BCUT2D eigenvalue weighted by Gasteiger charge is -2.32. The molecule has 0 bridgehead atoms. The van der Waals surface area contributed by atoms with E-state index in [9.17, 15) is 4.79 Å². The number of guanidine groups is 1. The van der Waals surface area contributed by atoms with Crippen molar-refractivity contribution < 1.29 is 14.3 Å². The van der Waals surface area contributed by atoms with Gasteiger partial charge in [0.1, 0.15) is 12.4 Å². The van der Waals surface area contributed by atoms with Crippen molar-refractivity contribution in [3.05, 3.63) is 29.8 Å². The number of aliphatic imine (C=N–C) groups is 1. The Hall–Kier alpha value is -2.44. The van der Waals surface area contributed by atoms with Crippen LogP contribution in [-0.2, 0) is 4.74 Å². The predicted molar refractivity (Wildman–Crippen MR) is 112 cm³/mol. The third kappa shape index (κ3) is 6.94. The molecule has 0 saturated carbocycles. The number of carbonyl (C=O) groups excluding carboxylic acids is 1. The molecule has 1 fully saturated rings. The molecule has 156 valence electrons. The van der Waals surface area contributed by atoms with Crippen LogP contribution in [0.5, 0.6) is 5.75 Å². The second-order valence-electron chi connectivity index (χ2n) is 7.18. The zero-order valence-electron chi connectivity index (χ0n) is 17.5. The van der Waals surface area contributed by atoms with Gasteiger partial charge in [-0.05, 0) is 43.4 Å². The maximum atomic E-state index is 11.8. The monoisotopic (exact) mass is 390 g/mol. The normalized spacial score (nSPS) is 15.5. The summed E-state index contributed by atoms with van der Waals surface area (Å²) < 4.78 is 10.8. The molecule has 1 aromatic carbocycles. The van der Waals surface area contributed by atoms with Gasteiger partial charge in [0, 0.05) is 26.2 Å². The van der Waals surface area contributed by atoms with E-state index in [1.165, 1.54) is 5.56 Å². The van der Waals surface area contributed by atoms with Gasteiger partial charge in [-0.1, -0.05) is 26.0 Å². The van der Waals surface area contributed by atoms with E-state index in [4.69, 9.17) is 9.47 Å². The Kier molecular flexibility index (Phi) is 8.91. The van der Waals surface area contributed by atoms with Crippen LogP contribution in [0.15, 0.2) is 29.3 Å². The molecule has 2 rings (SSSR count). The average Bonchev–Trinajstić information content (AvgIpc) is 2.71. The number of hydrogen-bond donors (Lipinski definition) is 2. The van der Waals surface area contributed by atoms with E-state index in [-0.39, 0.29) is 6.09 Å². The molecule has 7 heteroatoms. The summed E-state index contributed by atoms with van der Waals surface area (Å²) in [6, 6.07) is 8.54. The first-order valence-corrected chi connectivity index (χ1v) is 10.1. The van der Waals surface area contributed by atoms with Crippen LogP contribution >= 0.6 is 0 Å². The Labute approximate surface area is 168 Å². The number of nitrogens with zero attached hydrogens (tertiary/aromatic N) is 2. The lowest BCUT2D eigenvalue weighted by molar-refractivity contribution is 0.0963. The smallest absolute Gasteiger partial charge is 0.409 e. The zero-order chi connectivity index (χ0) is 20.4. The first kappa shape index (κ1) is 21.9. The van der Waals surface area contributed by atoms with Gasteiger partial charge < -0.3 is 25.0 Å². The van der Waals surface area contributed by atoms with E-state index in [0.717, 1.165) is 24.6 Å². The molecule has 0 aliphatic carbocycles. The number of nitrogens with one attached hydrogen (secondary N) is 2. The van der Waals surface area contributed by atoms with Gasteiger partial charge in [0.25, 0.3) is 0 Å².